The Labute approximate surface area is 92.7 Å². The molecule has 15 heavy (non-hydrogen) atoms. The fourth-order valence-electron chi connectivity index (χ4n) is 1.61. The molecule has 0 radical (unpaired) electrons. The quantitative estimate of drug-likeness (QED) is 0.667. The van der Waals surface area contributed by atoms with Crippen LogP contribution in [0.5, 0.6) is 0 Å². The molecule has 1 aliphatic carbocycles. The number of anilines is 2. The third-order valence-electron chi connectivity index (χ3n) is 2.47. The molecule has 1 fully saturated rings. The monoisotopic (exact) mass is 228 g/mol. The maximum absolute atomic E-state index is 8.75. The van der Waals surface area contributed by atoms with Crippen LogP contribution in [0, 0.1) is 5.92 Å². The van der Waals surface area contributed by atoms with Gasteiger partial charge in [-0.05, 0) is 18.8 Å². The Hall–Kier alpha value is -1.07. The lowest BCUT2D eigenvalue weighted by molar-refractivity contribution is 0.279. The molecule has 1 aromatic heterocycles. The molecule has 0 aliphatic heterocycles. The van der Waals surface area contributed by atoms with Gasteiger partial charge in [-0.1, -0.05) is 11.6 Å². The molecule has 2 atom stereocenters. The molecule has 2 rings (SSSR count). The SMILES string of the molecule is Nc1nc(Cl)cc(NC2CC2CCO)n1. The summed E-state index contributed by atoms with van der Waals surface area (Å²) in [5.41, 5.74) is 5.46. The standard InChI is InChI=1S/C9H13ClN4O/c10-7-4-8(14-9(11)13-7)12-6-3-5(6)1-2-15/h4-6,15H,1-3H2,(H3,11,12,13,14). The zero-order valence-electron chi connectivity index (χ0n) is 8.15. The summed E-state index contributed by atoms with van der Waals surface area (Å²) in [7, 11) is 0. The molecule has 0 spiro atoms. The molecular formula is C9H13ClN4O. The molecule has 0 aromatic carbocycles. The molecule has 6 heteroatoms. The Bertz CT molecular complexity index is 340. The number of nitrogens with one attached hydrogen (secondary N) is 1. The van der Waals surface area contributed by atoms with Gasteiger partial charge in [0.05, 0.1) is 0 Å². The Morgan fingerprint density at radius 3 is 3.07 bits per heavy atom. The van der Waals surface area contributed by atoms with E-state index in [-0.39, 0.29) is 12.6 Å². The van der Waals surface area contributed by atoms with Gasteiger partial charge in [0.1, 0.15) is 11.0 Å². The van der Waals surface area contributed by atoms with Crippen molar-refractivity contribution < 1.29 is 5.11 Å². The highest BCUT2D eigenvalue weighted by atomic mass is 35.5. The fraction of sp³-hybridized carbons (Fsp3) is 0.556. The van der Waals surface area contributed by atoms with Crippen LogP contribution in [0.25, 0.3) is 0 Å². The molecule has 1 heterocycles. The lowest BCUT2D eigenvalue weighted by atomic mass is 10.3. The van der Waals surface area contributed by atoms with E-state index in [4.69, 9.17) is 22.4 Å². The van der Waals surface area contributed by atoms with Crippen LogP contribution in [0.3, 0.4) is 0 Å². The van der Waals surface area contributed by atoms with E-state index < -0.39 is 0 Å². The second-order valence-electron chi connectivity index (χ2n) is 3.69. The average molecular weight is 229 g/mol. The van der Waals surface area contributed by atoms with Gasteiger partial charge in [0.25, 0.3) is 0 Å². The second kappa shape index (κ2) is 4.20. The van der Waals surface area contributed by atoms with Crippen LogP contribution in [0.15, 0.2) is 6.07 Å². The Morgan fingerprint density at radius 1 is 1.60 bits per heavy atom. The lowest BCUT2D eigenvalue weighted by Gasteiger charge is -2.05. The number of rotatable bonds is 4. The van der Waals surface area contributed by atoms with Gasteiger partial charge in [-0.2, -0.15) is 4.98 Å². The van der Waals surface area contributed by atoms with Crippen molar-refractivity contribution in [2.75, 3.05) is 17.7 Å². The Morgan fingerprint density at radius 2 is 2.40 bits per heavy atom. The predicted octanol–water partition coefficient (Wildman–Crippen LogP) is 0.895. The maximum atomic E-state index is 8.75. The largest absolute Gasteiger partial charge is 0.396 e. The zero-order valence-corrected chi connectivity index (χ0v) is 8.91. The molecule has 82 valence electrons. The summed E-state index contributed by atoms with van der Waals surface area (Å²) >= 11 is 5.74. The van der Waals surface area contributed by atoms with Crippen molar-refractivity contribution in [3.05, 3.63) is 11.2 Å². The average Bonchev–Trinajstić information content (AvgIpc) is 2.82. The van der Waals surface area contributed by atoms with E-state index in [0.29, 0.717) is 22.9 Å². The highest BCUT2D eigenvalue weighted by molar-refractivity contribution is 6.29. The van der Waals surface area contributed by atoms with Crippen molar-refractivity contribution in [2.24, 2.45) is 5.92 Å². The molecule has 0 saturated heterocycles. The maximum Gasteiger partial charge on any atom is 0.223 e. The molecule has 4 N–H and O–H groups in total. The van der Waals surface area contributed by atoms with E-state index in [9.17, 15) is 0 Å². The van der Waals surface area contributed by atoms with E-state index in [1.165, 1.54) is 0 Å². The number of aliphatic hydroxyl groups excluding tert-OH is 1. The summed E-state index contributed by atoms with van der Waals surface area (Å²) in [6.07, 6.45) is 1.88. The van der Waals surface area contributed by atoms with Crippen molar-refractivity contribution >= 4 is 23.4 Å². The fourth-order valence-corrected chi connectivity index (χ4v) is 1.80. The Balaban J connectivity index is 1.94. The molecule has 0 amide bonds. The predicted molar refractivity (Wildman–Crippen MR) is 58.7 cm³/mol. The topological polar surface area (TPSA) is 84.1 Å². The van der Waals surface area contributed by atoms with Crippen LogP contribution in [0.2, 0.25) is 5.15 Å². The molecule has 0 bridgehead atoms. The number of aliphatic hydroxyl groups is 1. The third kappa shape index (κ3) is 2.70. The van der Waals surface area contributed by atoms with Gasteiger partial charge in [-0.25, -0.2) is 4.98 Å². The van der Waals surface area contributed by atoms with Gasteiger partial charge < -0.3 is 16.2 Å². The number of hydrogen-bond donors (Lipinski definition) is 3. The minimum absolute atomic E-state index is 0.171. The van der Waals surface area contributed by atoms with Crippen molar-refractivity contribution in [3.8, 4) is 0 Å². The van der Waals surface area contributed by atoms with E-state index in [0.717, 1.165) is 12.8 Å². The van der Waals surface area contributed by atoms with Crippen molar-refractivity contribution in [1.82, 2.24) is 9.97 Å². The number of nitrogen functional groups attached to an aromatic ring is 1. The first-order chi connectivity index (χ1) is 7.19. The molecule has 1 aliphatic rings. The number of nitrogens with zero attached hydrogens (tertiary/aromatic N) is 2. The Kier molecular flexibility index (Phi) is 2.93. The summed E-state index contributed by atoms with van der Waals surface area (Å²) in [5.74, 6) is 1.35. The molecule has 2 unspecified atom stereocenters. The minimum atomic E-state index is 0.171. The van der Waals surface area contributed by atoms with Gasteiger partial charge >= 0.3 is 0 Å². The van der Waals surface area contributed by atoms with Crippen LogP contribution >= 0.6 is 11.6 Å². The summed E-state index contributed by atoms with van der Waals surface area (Å²) in [5, 5.41) is 12.3. The van der Waals surface area contributed by atoms with Gasteiger partial charge in [-0.3, -0.25) is 0 Å². The minimum Gasteiger partial charge on any atom is -0.396 e. The normalized spacial score (nSPS) is 23.9. The molecule has 1 aromatic rings. The number of nitrogens with two attached hydrogens (primary N) is 1. The summed E-state index contributed by atoms with van der Waals surface area (Å²) in [6, 6.07) is 2.02. The number of halogens is 1. The second-order valence-corrected chi connectivity index (χ2v) is 4.08. The smallest absolute Gasteiger partial charge is 0.223 e. The van der Waals surface area contributed by atoms with Crippen LogP contribution in [-0.2, 0) is 0 Å². The van der Waals surface area contributed by atoms with Gasteiger partial charge in [-0.15, -0.1) is 0 Å². The van der Waals surface area contributed by atoms with Crippen LogP contribution < -0.4 is 11.1 Å². The number of hydrogen-bond acceptors (Lipinski definition) is 5. The first kappa shape index (κ1) is 10.4. The molecular weight excluding hydrogens is 216 g/mol. The number of aromatic nitrogens is 2. The highest BCUT2D eigenvalue weighted by Gasteiger charge is 2.36. The van der Waals surface area contributed by atoms with Crippen LogP contribution in [0.4, 0.5) is 11.8 Å². The van der Waals surface area contributed by atoms with Gasteiger partial charge in [0.15, 0.2) is 0 Å². The summed E-state index contributed by atoms with van der Waals surface area (Å²) < 4.78 is 0. The third-order valence-corrected chi connectivity index (χ3v) is 2.66. The highest BCUT2D eigenvalue weighted by Crippen LogP contribution is 2.35. The molecule has 1 saturated carbocycles. The summed E-state index contributed by atoms with van der Waals surface area (Å²) in [4.78, 5) is 7.79. The van der Waals surface area contributed by atoms with E-state index in [1.54, 1.807) is 6.07 Å². The van der Waals surface area contributed by atoms with Crippen molar-refractivity contribution in [1.29, 1.82) is 0 Å². The van der Waals surface area contributed by atoms with Crippen LogP contribution in [0.1, 0.15) is 12.8 Å². The van der Waals surface area contributed by atoms with E-state index in [2.05, 4.69) is 15.3 Å². The van der Waals surface area contributed by atoms with Crippen molar-refractivity contribution in [3.63, 3.8) is 0 Å². The first-order valence-electron chi connectivity index (χ1n) is 4.86. The molecule has 5 nitrogen and oxygen atoms in total. The lowest BCUT2D eigenvalue weighted by Crippen LogP contribution is -2.08. The van der Waals surface area contributed by atoms with Crippen molar-refractivity contribution in [2.45, 2.75) is 18.9 Å². The zero-order chi connectivity index (χ0) is 10.8. The van der Waals surface area contributed by atoms with Crippen LogP contribution in [-0.4, -0.2) is 27.7 Å². The van der Waals surface area contributed by atoms with Gasteiger partial charge in [0, 0.05) is 18.7 Å². The van der Waals surface area contributed by atoms with E-state index >= 15 is 0 Å². The van der Waals surface area contributed by atoms with E-state index in [1.807, 2.05) is 0 Å². The first-order valence-corrected chi connectivity index (χ1v) is 5.24. The van der Waals surface area contributed by atoms with Gasteiger partial charge in [0.2, 0.25) is 5.95 Å². The summed E-state index contributed by atoms with van der Waals surface area (Å²) in [6.45, 7) is 0.232.